The van der Waals surface area contributed by atoms with Gasteiger partial charge in [0.2, 0.25) is 5.96 Å². The normalized spacial score (nSPS) is 15.9. The molecule has 0 fully saturated rings. The topological polar surface area (TPSA) is 127 Å². The number of aryl methyl sites for hydroxylation is 2. The van der Waals surface area contributed by atoms with Crippen molar-refractivity contribution >= 4 is 29.2 Å². The second-order valence-electron chi connectivity index (χ2n) is 13.2. The van der Waals surface area contributed by atoms with E-state index < -0.39 is 23.3 Å². The van der Waals surface area contributed by atoms with Crippen molar-refractivity contribution in [2.45, 2.75) is 97.4 Å². The Labute approximate surface area is 253 Å². The van der Waals surface area contributed by atoms with Gasteiger partial charge in [-0.05, 0) is 98.0 Å². The lowest BCUT2D eigenvalue weighted by Crippen LogP contribution is -2.59. The molecule has 1 aliphatic rings. The molecule has 2 aromatic heterocycles. The van der Waals surface area contributed by atoms with Gasteiger partial charge in [-0.25, -0.2) is 19.5 Å². The van der Waals surface area contributed by atoms with E-state index in [1.54, 1.807) is 25.7 Å². The van der Waals surface area contributed by atoms with Crippen LogP contribution in [0.4, 0.5) is 9.59 Å². The van der Waals surface area contributed by atoms with Crippen LogP contribution >= 0.6 is 0 Å². The van der Waals surface area contributed by atoms with E-state index in [1.165, 1.54) is 5.56 Å². The zero-order valence-corrected chi connectivity index (χ0v) is 26.4. The highest BCUT2D eigenvalue weighted by Crippen LogP contribution is 2.33. The maximum atomic E-state index is 12.4. The molecule has 1 atom stereocenters. The maximum Gasteiger partial charge on any atom is 0.434 e. The summed E-state index contributed by atoms with van der Waals surface area (Å²) in [6, 6.07) is 12.5. The van der Waals surface area contributed by atoms with Crippen LogP contribution in [0, 0.1) is 0 Å². The zero-order valence-electron chi connectivity index (χ0n) is 26.4. The van der Waals surface area contributed by atoms with Crippen molar-refractivity contribution in [1.29, 1.82) is 0 Å². The first-order valence-corrected chi connectivity index (χ1v) is 14.9. The molecule has 3 aromatic rings. The molecule has 2 amide bonds. The Balaban J connectivity index is 1.62. The predicted molar refractivity (Wildman–Crippen MR) is 167 cm³/mol. The standard InChI is InChI=1S/C32H45N7O4/c1-31(2,3)38(28(35-29(40)41)39(30(42)43)32(4,5)6)20-12-19-37-24-16-9-8-15-23(24)34-26(37)21-36(7)25-17-10-13-22-14-11-18-33-27(22)25/h8-9,11,14-16,18,25H,10,12-13,17,19-21H2,1-7H3,(H,40,41)(H,42,43). The molecular weight excluding hydrogens is 546 g/mol. The molecule has 0 spiro atoms. The van der Waals surface area contributed by atoms with Gasteiger partial charge in [-0.2, -0.15) is 0 Å². The molecule has 1 unspecified atom stereocenters. The Morgan fingerprint density at radius 3 is 2.42 bits per heavy atom. The molecule has 2 heterocycles. The third-order valence-corrected chi connectivity index (χ3v) is 7.89. The number of nitrogens with zero attached hydrogens (tertiary/aromatic N) is 7. The van der Waals surface area contributed by atoms with Crippen LogP contribution in [-0.4, -0.2) is 82.3 Å². The second kappa shape index (κ2) is 12.7. The maximum absolute atomic E-state index is 12.4. The number of hydrogen-bond acceptors (Lipinski definition) is 5. The summed E-state index contributed by atoms with van der Waals surface area (Å²) in [6.45, 7) is 12.6. The molecule has 11 nitrogen and oxygen atoms in total. The number of pyridine rings is 1. The summed E-state index contributed by atoms with van der Waals surface area (Å²) in [4.78, 5) is 42.8. The molecule has 232 valence electrons. The fourth-order valence-corrected chi connectivity index (χ4v) is 5.95. The lowest BCUT2D eigenvalue weighted by Gasteiger charge is -2.44. The first-order valence-electron chi connectivity index (χ1n) is 14.9. The highest BCUT2D eigenvalue weighted by Gasteiger charge is 2.38. The summed E-state index contributed by atoms with van der Waals surface area (Å²) < 4.78 is 2.22. The highest BCUT2D eigenvalue weighted by molar-refractivity contribution is 5.99. The van der Waals surface area contributed by atoms with Gasteiger partial charge in [0, 0.05) is 30.4 Å². The van der Waals surface area contributed by atoms with Gasteiger partial charge in [0.05, 0.1) is 29.3 Å². The van der Waals surface area contributed by atoms with Gasteiger partial charge >= 0.3 is 12.2 Å². The van der Waals surface area contributed by atoms with E-state index in [9.17, 15) is 19.8 Å². The van der Waals surface area contributed by atoms with Gasteiger partial charge < -0.3 is 19.7 Å². The molecule has 11 heteroatoms. The molecule has 0 aliphatic heterocycles. The summed E-state index contributed by atoms with van der Waals surface area (Å²) in [7, 11) is 2.13. The lowest BCUT2D eigenvalue weighted by atomic mass is 9.91. The van der Waals surface area contributed by atoms with Crippen LogP contribution in [0.1, 0.15) is 83.9 Å². The van der Waals surface area contributed by atoms with Crippen molar-refractivity contribution in [3.63, 3.8) is 0 Å². The van der Waals surface area contributed by atoms with Gasteiger partial charge in [-0.1, -0.05) is 18.2 Å². The molecular formula is C32H45N7O4. The number of rotatable bonds is 7. The number of guanidine groups is 1. The average molecular weight is 592 g/mol. The van der Waals surface area contributed by atoms with Gasteiger partial charge in [-0.3, -0.25) is 9.88 Å². The summed E-state index contributed by atoms with van der Waals surface area (Å²) in [5.74, 6) is 0.842. The third kappa shape index (κ3) is 7.33. The van der Waals surface area contributed by atoms with Crippen molar-refractivity contribution in [2.75, 3.05) is 13.6 Å². The van der Waals surface area contributed by atoms with Crippen LogP contribution in [-0.2, 0) is 19.5 Å². The van der Waals surface area contributed by atoms with Crippen LogP contribution in [0.5, 0.6) is 0 Å². The van der Waals surface area contributed by atoms with Crippen molar-refractivity contribution in [3.05, 3.63) is 59.7 Å². The number of carboxylic acid groups (broad SMARTS) is 2. The number of aromatic nitrogens is 3. The zero-order chi connectivity index (χ0) is 31.5. The number of amides is 2. The van der Waals surface area contributed by atoms with Crippen LogP contribution < -0.4 is 0 Å². The number of fused-ring (bicyclic) bond motifs is 2. The molecule has 0 bridgehead atoms. The fourth-order valence-electron chi connectivity index (χ4n) is 5.95. The van der Waals surface area contributed by atoms with E-state index in [2.05, 4.69) is 33.6 Å². The Morgan fingerprint density at radius 2 is 1.77 bits per heavy atom. The second-order valence-corrected chi connectivity index (χ2v) is 13.2. The fraction of sp³-hybridized carbons (Fsp3) is 0.531. The third-order valence-electron chi connectivity index (χ3n) is 7.89. The minimum atomic E-state index is -1.44. The molecule has 4 rings (SSSR count). The molecule has 0 radical (unpaired) electrons. The van der Waals surface area contributed by atoms with Gasteiger partial charge in [0.25, 0.3) is 0 Å². The van der Waals surface area contributed by atoms with E-state index in [0.29, 0.717) is 26.1 Å². The summed E-state index contributed by atoms with van der Waals surface area (Å²) in [6.07, 6.45) is 3.00. The monoisotopic (exact) mass is 591 g/mol. The van der Waals surface area contributed by atoms with E-state index in [0.717, 1.165) is 46.7 Å². The summed E-state index contributed by atoms with van der Waals surface area (Å²) in [5.41, 5.74) is 2.89. The molecule has 0 saturated heterocycles. The van der Waals surface area contributed by atoms with Gasteiger partial charge in [0.15, 0.2) is 0 Å². The van der Waals surface area contributed by atoms with Gasteiger partial charge in [0.1, 0.15) is 5.82 Å². The number of para-hydroxylation sites is 2. The number of benzene rings is 1. The minimum absolute atomic E-state index is 0.0982. The molecule has 1 aromatic carbocycles. The van der Waals surface area contributed by atoms with Crippen LogP contribution in [0.2, 0.25) is 0 Å². The largest absolute Gasteiger partial charge is 0.465 e. The molecule has 2 N–H and O–H groups in total. The van der Waals surface area contributed by atoms with Crippen LogP contribution in [0.15, 0.2) is 47.6 Å². The number of hydrogen-bond donors (Lipinski definition) is 2. The van der Waals surface area contributed by atoms with Gasteiger partial charge in [-0.15, -0.1) is 4.99 Å². The Morgan fingerprint density at radius 1 is 1.05 bits per heavy atom. The average Bonchev–Trinajstić information content (AvgIpc) is 3.25. The van der Waals surface area contributed by atoms with Crippen molar-refractivity contribution in [1.82, 2.24) is 29.2 Å². The van der Waals surface area contributed by atoms with E-state index in [1.807, 2.05) is 51.2 Å². The Hall–Kier alpha value is -3.99. The predicted octanol–water partition coefficient (Wildman–Crippen LogP) is 6.24. The van der Waals surface area contributed by atoms with Crippen molar-refractivity contribution < 1.29 is 19.8 Å². The number of carbonyl (C=O) groups is 2. The summed E-state index contributed by atoms with van der Waals surface area (Å²) >= 11 is 0. The van der Waals surface area contributed by atoms with Crippen LogP contribution in [0.3, 0.4) is 0 Å². The van der Waals surface area contributed by atoms with E-state index in [-0.39, 0.29) is 12.0 Å². The van der Waals surface area contributed by atoms with E-state index >= 15 is 0 Å². The van der Waals surface area contributed by atoms with E-state index in [4.69, 9.17) is 9.97 Å². The highest BCUT2D eigenvalue weighted by atomic mass is 16.4. The Bertz CT molecular complexity index is 1480. The van der Waals surface area contributed by atoms with Crippen molar-refractivity contribution in [2.24, 2.45) is 4.99 Å². The molecule has 1 aliphatic carbocycles. The molecule has 0 saturated carbocycles. The first kappa shape index (κ1) is 31.9. The minimum Gasteiger partial charge on any atom is -0.465 e. The quantitative estimate of drug-likeness (QED) is 0.244. The summed E-state index contributed by atoms with van der Waals surface area (Å²) in [5, 5.41) is 19.7. The van der Waals surface area contributed by atoms with Crippen molar-refractivity contribution in [3.8, 4) is 0 Å². The number of imidazole rings is 1. The van der Waals surface area contributed by atoms with Crippen LogP contribution in [0.25, 0.3) is 11.0 Å². The lowest BCUT2D eigenvalue weighted by molar-refractivity contribution is 0.118. The SMILES string of the molecule is CN(Cc1nc2ccccc2n1CCCN(C(=NC(=O)O)N(C(=O)O)C(C)(C)C)C(C)(C)C)C1CCCc2cccnc21. The Kier molecular flexibility index (Phi) is 9.44. The first-order chi connectivity index (χ1) is 20.2. The smallest absolute Gasteiger partial charge is 0.434 e. The number of aliphatic imine (C=N–C) groups is 1. The molecule has 43 heavy (non-hydrogen) atoms.